The largest absolute Gasteiger partial charge is 0.497 e. The maximum absolute atomic E-state index is 10.6. The van der Waals surface area contributed by atoms with Gasteiger partial charge in [0.2, 0.25) is 0 Å². The maximum Gasteiger partial charge on any atom is 0.119 e. The molecule has 0 radical (unpaired) electrons. The van der Waals surface area contributed by atoms with Gasteiger partial charge in [0.1, 0.15) is 5.75 Å². The van der Waals surface area contributed by atoms with Crippen molar-refractivity contribution < 1.29 is 9.84 Å². The Bertz CT molecular complexity index is 405. The standard InChI is InChI=1S/C15H21BrO2/c1-10-4-3-5-11(8-10)15(17)13-9-12(18-2)6-7-14(13)16/h6-7,9-11,15,17H,3-5,8H2,1-2H3. The molecule has 100 valence electrons. The van der Waals surface area contributed by atoms with Crippen molar-refractivity contribution in [1.82, 2.24) is 0 Å². The highest BCUT2D eigenvalue weighted by molar-refractivity contribution is 9.10. The number of aliphatic hydroxyl groups excluding tert-OH is 1. The smallest absolute Gasteiger partial charge is 0.119 e. The number of hydrogen-bond acceptors (Lipinski definition) is 2. The Labute approximate surface area is 117 Å². The molecule has 1 aliphatic carbocycles. The topological polar surface area (TPSA) is 29.5 Å². The van der Waals surface area contributed by atoms with Crippen LogP contribution in [0.25, 0.3) is 0 Å². The molecule has 0 saturated heterocycles. The molecule has 2 nitrogen and oxygen atoms in total. The van der Waals surface area contributed by atoms with Crippen LogP contribution in [0.2, 0.25) is 0 Å². The third-order valence-corrected chi connectivity index (χ3v) is 4.67. The Morgan fingerprint density at radius 1 is 1.39 bits per heavy atom. The monoisotopic (exact) mass is 312 g/mol. The molecule has 1 saturated carbocycles. The van der Waals surface area contributed by atoms with Gasteiger partial charge in [-0.1, -0.05) is 35.7 Å². The number of benzene rings is 1. The summed E-state index contributed by atoms with van der Waals surface area (Å²) in [5, 5.41) is 10.6. The number of rotatable bonds is 3. The van der Waals surface area contributed by atoms with Gasteiger partial charge in [-0.25, -0.2) is 0 Å². The second-order valence-corrected chi connectivity index (χ2v) is 6.22. The van der Waals surface area contributed by atoms with Crippen molar-refractivity contribution >= 4 is 15.9 Å². The van der Waals surface area contributed by atoms with Crippen LogP contribution in [-0.4, -0.2) is 12.2 Å². The van der Waals surface area contributed by atoms with E-state index < -0.39 is 6.10 Å². The fourth-order valence-corrected chi connectivity index (χ4v) is 3.38. The molecular weight excluding hydrogens is 292 g/mol. The summed E-state index contributed by atoms with van der Waals surface area (Å²) in [6.07, 6.45) is 4.37. The first-order chi connectivity index (χ1) is 8.61. The summed E-state index contributed by atoms with van der Waals surface area (Å²) in [5.74, 6) is 1.90. The van der Waals surface area contributed by atoms with Crippen LogP contribution in [0.15, 0.2) is 22.7 Å². The van der Waals surface area contributed by atoms with Crippen molar-refractivity contribution in [1.29, 1.82) is 0 Å². The second kappa shape index (κ2) is 6.07. The van der Waals surface area contributed by atoms with Gasteiger partial charge in [-0.2, -0.15) is 0 Å². The van der Waals surface area contributed by atoms with Crippen molar-refractivity contribution in [2.45, 2.75) is 38.7 Å². The highest BCUT2D eigenvalue weighted by Crippen LogP contribution is 2.40. The van der Waals surface area contributed by atoms with Crippen LogP contribution in [0.3, 0.4) is 0 Å². The van der Waals surface area contributed by atoms with Crippen LogP contribution in [-0.2, 0) is 0 Å². The van der Waals surface area contributed by atoms with E-state index in [1.165, 1.54) is 12.8 Å². The zero-order valence-corrected chi connectivity index (χ0v) is 12.6. The summed E-state index contributed by atoms with van der Waals surface area (Å²) in [4.78, 5) is 0. The molecule has 1 fully saturated rings. The molecule has 3 atom stereocenters. The van der Waals surface area contributed by atoms with E-state index in [1.54, 1.807) is 7.11 Å². The molecule has 0 bridgehead atoms. The Morgan fingerprint density at radius 3 is 2.83 bits per heavy atom. The van der Waals surface area contributed by atoms with E-state index in [2.05, 4.69) is 22.9 Å². The molecule has 0 aromatic heterocycles. The Morgan fingerprint density at radius 2 is 2.17 bits per heavy atom. The molecule has 0 amide bonds. The van der Waals surface area contributed by atoms with Crippen LogP contribution in [0.4, 0.5) is 0 Å². The first kappa shape index (κ1) is 13.9. The number of halogens is 1. The summed E-state index contributed by atoms with van der Waals surface area (Å²) in [7, 11) is 1.65. The van der Waals surface area contributed by atoms with Crippen molar-refractivity contribution in [2.24, 2.45) is 11.8 Å². The predicted octanol–water partition coefficient (Wildman–Crippen LogP) is 4.32. The molecule has 1 aromatic rings. The van der Waals surface area contributed by atoms with Gasteiger partial charge in [0.25, 0.3) is 0 Å². The van der Waals surface area contributed by atoms with Gasteiger partial charge in [-0.15, -0.1) is 0 Å². The third kappa shape index (κ3) is 3.07. The minimum absolute atomic E-state index is 0.372. The number of aliphatic hydroxyl groups is 1. The lowest BCUT2D eigenvalue weighted by molar-refractivity contribution is 0.0707. The molecule has 0 spiro atoms. The highest BCUT2D eigenvalue weighted by Gasteiger charge is 2.27. The molecule has 3 heteroatoms. The highest BCUT2D eigenvalue weighted by atomic mass is 79.9. The van der Waals surface area contributed by atoms with E-state index in [9.17, 15) is 5.11 Å². The SMILES string of the molecule is COc1ccc(Br)c(C(O)C2CCCC(C)C2)c1. The molecule has 18 heavy (non-hydrogen) atoms. The molecule has 1 aliphatic rings. The summed E-state index contributed by atoms with van der Waals surface area (Å²) in [6.45, 7) is 2.28. The van der Waals surface area contributed by atoms with Gasteiger partial charge in [0.15, 0.2) is 0 Å². The van der Waals surface area contributed by atoms with Gasteiger partial charge in [0.05, 0.1) is 13.2 Å². The number of ether oxygens (including phenoxy) is 1. The van der Waals surface area contributed by atoms with E-state index >= 15 is 0 Å². The molecule has 1 aromatic carbocycles. The average Bonchev–Trinajstić information content (AvgIpc) is 2.38. The van der Waals surface area contributed by atoms with Crippen molar-refractivity contribution in [3.63, 3.8) is 0 Å². The quantitative estimate of drug-likeness (QED) is 0.900. The fourth-order valence-electron chi connectivity index (χ4n) is 2.90. The van der Waals surface area contributed by atoms with Crippen LogP contribution < -0.4 is 4.74 Å². The zero-order valence-electron chi connectivity index (χ0n) is 11.0. The van der Waals surface area contributed by atoms with Crippen molar-refractivity contribution in [2.75, 3.05) is 7.11 Å². The lowest BCUT2D eigenvalue weighted by Gasteiger charge is -2.31. The predicted molar refractivity (Wildman–Crippen MR) is 76.8 cm³/mol. The van der Waals surface area contributed by atoms with Crippen LogP contribution in [0.5, 0.6) is 5.75 Å². The van der Waals surface area contributed by atoms with Gasteiger partial charge in [-0.3, -0.25) is 0 Å². The van der Waals surface area contributed by atoms with E-state index in [0.717, 1.165) is 34.5 Å². The summed E-state index contributed by atoms with van der Waals surface area (Å²) in [6, 6.07) is 5.79. The number of hydrogen-bond donors (Lipinski definition) is 1. The Hall–Kier alpha value is -0.540. The third-order valence-electron chi connectivity index (χ3n) is 3.95. The van der Waals surface area contributed by atoms with E-state index in [-0.39, 0.29) is 0 Å². The zero-order chi connectivity index (χ0) is 13.1. The lowest BCUT2D eigenvalue weighted by atomic mass is 9.78. The minimum atomic E-state index is -0.391. The van der Waals surface area contributed by atoms with E-state index in [0.29, 0.717) is 5.92 Å². The van der Waals surface area contributed by atoms with E-state index in [1.807, 2.05) is 18.2 Å². The minimum Gasteiger partial charge on any atom is -0.497 e. The summed E-state index contributed by atoms with van der Waals surface area (Å²) in [5.41, 5.74) is 0.952. The lowest BCUT2D eigenvalue weighted by Crippen LogP contribution is -2.20. The molecule has 1 N–H and O–H groups in total. The maximum atomic E-state index is 10.6. The summed E-state index contributed by atoms with van der Waals surface area (Å²) >= 11 is 3.53. The molecule has 0 heterocycles. The van der Waals surface area contributed by atoms with Gasteiger partial charge >= 0.3 is 0 Å². The van der Waals surface area contributed by atoms with Gasteiger partial charge in [-0.05, 0) is 48.4 Å². The molecule has 0 aliphatic heterocycles. The molecule has 3 unspecified atom stereocenters. The first-order valence-corrected chi connectivity index (χ1v) is 7.42. The Balaban J connectivity index is 2.19. The average molecular weight is 313 g/mol. The molecule has 2 rings (SSSR count). The van der Waals surface area contributed by atoms with Crippen LogP contribution in [0, 0.1) is 11.8 Å². The molecular formula is C15H21BrO2. The summed E-state index contributed by atoms with van der Waals surface area (Å²) < 4.78 is 6.20. The van der Waals surface area contributed by atoms with Gasteiger partial charge < -0.3 is 9.84 Å². The van der Waals surface area contributed by atoms with Crippen LogP contribution >= 0.6 is 15.9 Å². The first-order valence-electron chi connectivity index (χ1n) is 6.63. The van der Waals surface area contributed by atoms with Gasteiger partial charge in [0, 0.05) is 4.47 Å². The van der Waals surface area contributed by atoms with Crippen molar-refractivity contribution in [3.05, 3.63) is 28.2 Å². The van der Waals surface area contributed by atoms with Crippen LogP contribution in [0.1, 0.15) is 44.3 Å². The fraction of sp³-hybridized carbons (Fsp3) is 0.600. The second-order valence-electron chi connectivity index (χ2n) is 5.36. The van der Waals surface area contributed by atoms with Crippen molar-refractivity contribution in [3.8, 4) is 5.75 Å². The normalized spacial score (nSPS) is 25.8. The van der Waals surface area contributed by atoms with E-state index in [4.69, 9.17) is 4.74 Å². The Kier molecular flexibility index (Phi) is 4.68. The number of methoxy groups -OCH3 is 1.